The van der Waals surface area contributed by atoms with Gasteiger partial charge in [0.1, 0.15) is 5.82 Å². The molecule has 0 aliphatic carbocycles. The minimum atomic E-state index is -0.323. The second-order valence-electron chi connectivity index (χ2n) is 3.04. The molecule has 1 N–H and O–H groups in total. The predicted molar refractivity (Wildman–Crippen MR) is 51.7 cm³/mol. The Labute approximate surface area is 77.5 Å². The zero-order valence-corrected chi connectivity index (χ0v) is 7.57. The van der Waals surface area contributed by atoms with Gasteiger partial charge < -0.3 is 5.11 Å². The summed E-state index contributed by atoms with van der Waals surface area (Å²) >= 11 is 0. The summed E-state index contributed by atoms with van der Waals surface area (Å²) in [7, 11) is 0. The van der Waals surface area contributed by atoms with E-state index in [9.17, 15) is 4.39 Å². The van der Waals surface area contributed by atoms with Crippen molar-refractivity contribution in [3.8, 4) is 0 Å². The van der Waals surface area contributed by atoms with Crippen LogP contribution >= 0.6 is 0 Å². The molecule has 1 aromatic rings. The Balaban J connectivity index is 2.54. The van der Waals surface area contributed by atoms with Gasteiger partial charge in [0.05, 0.1) is 6.10 Å². The molecule has 1 rings (SSSR count). The molecule has 1 atom stereocenters. The third kappa shape index (κ3) is 3.85. The first-order valence-corrected chi connectivity index (χ1v) is 4.28. The number of aliphatic hydroxyl groups excluding tert-OH is 1. The van der Waals surface area contributed by atoms with Gasteiger partial charge in [0.15, 0.2) is 0 Å². The fraction of sp³-hybridized carbons (Fsp3) is 0.273. The van der Waals surface area contributed by atoms with E-state index < -0.39 is 0 Å². The fourth-order valence-electron chi connectivity index (χ4n) is 0.975. The van der Waals surface area contributed by atoms with Crippen LogP contribution in [0, 0.1) is 5.82 Å². The van der Waals surface area contributed by atoms with E-state index in [2.05, 4.69) is 0 Å². The SMILES string of the molecule is CC(O)C/C=C/c1ccc(F)cc1. The first-order valence-electron chi connectivity index (χ1n) is 4.28. The summed E-state index contributed by atoms with van der Waals surface area (Å²) in [6.07, 6.45) is 4.04. The zero-order valence-electron chi connectivity index (χ0n) is 7.57. The van der Waals surface area contributed by atoms with Crippen LogP contribution in [0.1, 0.15) is 18.9 Å². The van der Waals surface area contributed by atoms with E-state index in [1.54, 1.807) is 19.1 Å². The summed E-state index contributed by atoms with van der Waals surface area (Å²) in [5.41, 5.74) is 0.946. The second kappa shape index (κ2) is 4.77. The first-order chi connectivity index (χ1) is 6.18. The topological polar surface area (TPSA) is 20.2 Å². The van der Waals surface area contributed by atoms with Gasteiger partial charge in [0, 0.05) is 0 Å². The van der Waals surface area contributed by atoms with Crippen molar-refractivity contribution < 1.29 is 9.50 Å². The van der Waals surface area contributed by atoms with Gasteiger partial charge in [-0.1, -0.05) is 24.3 Å². The van der Waals surface area contributed by atoms with E-state index in [0.29, 0.717) is 6.42 Å². The molecular weight excluding hydrogens is 167 g/mol. The van der Waals surface area contributed by atoms with Crippen molar-refractivity contribution in [2.45, 2.75) is 19.4 Å². The molecule has 1 nitrogen and oxygen atoms in total. The Morgan fingerprint density at radius 3 is 2.54 bits per heavy atom. The fourth-order valence-corrected chi connectivity index (χ4v) is 0.975. The van der Waals surface area contributed by atoms with Gasteiger partial charge in [0.25, 0.3) is 0 Å². The summed E-state index contributed by atoms with van der Waals surface area (Å²) in [5, 5.41) is 8.96. The molecule has 2 heteroatoms. The van der Waals surface area contributed by atoms with Crippen molar-refractivity contribution in [1.82, 2.24) is 0 Å². The maximum atomic E-state index is 12.5. The quantitative estimate of drug-likeness (QED) is 0.758. The Morgan fingerprint density at radius 1 is 1.38 bits per heavy atom. The molecule has 0 fully saturated rings. The highest BCUT2D eigenvalue weighted by Gasteiger charge is 1.90. The molecular formula is C11H13FO. The van der Waals surface area contributed by atoms with E-state index in [0.717, 1.165) is 5.56 Å². The number of rotatable bonds is 3. The van der Waals surface area contributed by atoms with Crippen LogP contribution in [0.5, 0.6) is 0 Å². The van der Waals surface area contributed by atoms with Crippen molar-refractivity contribution in [1.29, 1.82) is 0 Å². The molecule has 0 radical (unpaired) electrons. The van der Waals surface area contributed by atoms with Gasteiger partial charge in [0.2, 0.25) is 0 Å². The summed E-state index contributed by atoms with van der Waals surface area (Å²) in [6.45, 7) is 1.73. The Bertz CT molecular complexity index is 275. The van der Waals surface area contributed by atoms with Crippen LogP contribution in [0.25, 0.3) is 6.08 Å². The smallest absolute Gasteiger partial charge is 0.123 e. The van der Waals surface area contributed by atoms with Crippen LogP contribution in [0.15, 0.2) is 30.3 Å². The summed E-state index contributed by atoms with van der Waals surface area (Å²) < 4.78 is 12.5. The van der Waals surface area contributed by atoms with E-state index >= 15 is 0 Å². The molecule has 0 spiro atoms. The van der Waals surface area contributed by atoms with Gasteiger partial charge >= 0.3 is 0 Å². The molecule has 1 unspecified atom stereocenters. The standard InChI is InChI=1S/C11H13FO/c1-9(13)3-2-4-10-5-7-11(12)8-6-10/h2,4-9,13H,3H2,1H3/b4-2+. The number of hydrogen-bond donors (Lipinski definition) is 1. The second-order valence-corrected chi connectivity index (χ2v) is 3.04. The highest BCUT2D eigenvalue weighted by molar-refractivity contribution is 5.48. The molecule has 0 saturated carbocycles. The van der Waals surface area contributed by atoms with Crippen LogP contribution in [-0.4, -0.2) is 11.2 Å². The molecule has 0 amide bonds. The molecule has 0 heterocycles. The lowest BCUT2D eigenvalue weighted by Gasteiger charge is -1.96. The van der Waals surface area contributed by atoms with Gasteiger partial charge in [-0.3, -0.25) is 0 Å². The molecule has 70 valence electrons. The zero-order chi connectivity index (χ0) is 9.68. The molecule has 0 aromatic heterocycles. The molecule has 13 heavy (non-hydrogen) atoms. The Kier molecular flexibility index (Phi) is 3.65. The van der Waals surface area contributed by atoms with E-state index in [4.69, 9.17) is 5.11 Å². The van der Waals surface area contributed by atoms with Crippen molar-refractivity contribution in [3.05, 3.63) is 41.7 Å². The van der Waals surface area contributed by atoms with E-state index in [1.807, 2.05) is 12.2 Å². The van der Waals surface area contributed by atoms with Crippen LogP contribution in [-0.2, 0) is 0 Å². The summed E-state index contributed by atoms with van der Waals surface area (Å²) in [4.78, 5) is 0. The predicted octanol–water partition coefficient (Wildman–Crippen LogP) is 2.61. The van der Waals surface area contributed by atoms with Crippen LogP contribution < -0.4 is 0 Å². The highest BCUT2D eigenvalue weighted by Crippen LogP contribution is 2.05. The molecule has 0 aliphatic rings. The largest absolute Gasteiger partial charge is 0.393 e. The van der Waals surface area contributed by atoms with Crippen molar-refractivity contribution in [3.63, 3.8) is 0 Å². The van der Waals surface area contributed by atoms with Crippen molar-refractivity contribution >= 4 is 6.08 Å². The summed E-state index contributed by atoms with van der Waals surface area (Å²) in [5.74, 6) is -0.229. The van der Waals surface area contributed by atoms with Crippen LogP contribution in [0.4, 0.5) is 4.39 Å². The summed E-state index contributed by atoms with van der Waals surface area (Å²) in [6, 6.07) is 6.24. The lowest BCUT2D eigenvalue weighted by Crippen LogP contribution is -1.95. The molecule has 0 saturated heterocycles. The maximum absolute atomic E-state index is 12.5. The Hall–Kier alpha value is -1.15. The average molecular weight is 180 g/mol. The highest BCUT2D eigenvalue weighted by atomic mass is 19.1. The van der Waals surface area contributed by atoms with Crippen LogP contribution in [0.3, 0.4) is 0 Å². The Morgan fingerprint density at radius 2 is 2.00 bits per heavy atom. The third-order valence-electron chi connectivity index (χ3n) is 1.66. The van der Waals surface area contributed by atoms with Gasteiger partial charge in [-0.2, -0.15) is 0 Å². The van der Waals surface area contributed by atoms with E-state index in [-0.39, 0.29) is 11.9 Å². The number of aliphatic hydroxyl groups is 1. The minimum absolute atomic E-state index is 0.229. The van der Waals surface area contributed by atoms with Crippen molar-refractivity contribution in [2.75, 3.05) is 0 Å². The van der Waals surface area contributed by atoms with Gasteiger partial charge in [-0.15, -0.1) is 0 Å². The number of benzene rings is 1. The third-order valence-corrected chi connectivity index (χ3v) is 1.66. The lowest BCUT2D eigenvalue weighted by molar-refractivity contribution is 0.199. The number of halogens is 1. The molecule has 0 aliphatic heterocycles. The van der Waals surface area contributed by atoms with Gasteiger partial charge in [-0.25, -0.2) is 4.39 Å². The molecule has 1 aromatic carbocycles. The first kappa shape index (κ1) is 9.93. The minimum Gasteiger partial charge on any atom is -0.393 e. The van der Waals surface area contributed by atoms with E-state index in [1.165, 1.54) is 12.1 Å². The molecule has 0 bridgehead atoms. The van der Waals surface area contributed by atoms with Crippen LogP contribution in [0.2, 0.25) is 0 Å². The normalized spacial score (nSPS) is 13.5. The number of hydrogen-bond acceptors (Lipinski definition) is 1. The monoisotopic (exact) mass is 180 g/mol. The average Bonchev–Trinajstić information content (AvgIpc) is 2.08. The van der Waals surface area contributed by atoms with Gasteiger partial charge in [-0.05, 0) is 31.0 Å². The maximum Gasteiger partial charge on any atom is 0.123 e. The lowest BCUT2D eigenvalue weighted by atomic mass is 10.2. The van der Waals surface area contributed by atoms with Crippen molar-refractivity contribution in [2.24, 2.45) is 0 Å².